The fourth-order valence-electron chi connectivity index (χ4n) is 3.18. The Morgan fingerprint density at radius 1 is 0.900 bits per heavy atom. The molecule has 0 fully saturated rings. The number of carbonyl (C=O) groups is 3. The first kappa shape index (κ1) is 30.7. The Morgan fingerprint density at radius 3 is 2.10 bits per heavy atom. The van der Waals surface area contributed by atoms with Gasteiger partial charge in [0.15, 0.2) is 4.34 Å². The highest BCUT2D eigenvalue weighted by Gasteiger charge is 2.22. The molecule has 214 valence electrons. The van der Waals surface area contributed by atoms with E-state index in [2.05, 4.69) is 20.0 Å². The number of rotatable bonds is 5. The lowest BCUT2D eigenvalue weighted by Gasteiger charge is -2.21. The Labute approximate surface area is 236 Å². The molecule has 1 heterocycles. The van der Waals surface area contributed by atoms with E-state index < -0.39 is 44.8 Å². The van der Waals surface area contributed by atoms with Gasteiger partial charge in [-0.3, -0.25) is 10.1 Å². The zero-order valence-electron chi connectivity index (χ0n) is 23.2. The zero-order valence-corrected chi connectivity index (χ0v) is 24.8. The van der Waals surface area contributed by atoms with E-state index in [-0.39, 0.29) is 20.6 Å². The SMILES string of the molecule is CC(C)(C)OC(=O)N=S(C)(=O)c1ncc(C(=O)Nc2cc(-c3ccc(F)cc3)ccc2NC(=O)OC(C)(C)C)s1. The van der Waals surface area contributed by atoms with Gasteiger partial charge in [-0.2, -0.15) is 0 Å². The topological polar surface area (TPSA) is 136 Å². The zero-order chi connectivity index (χ0) is 29.9. The lowest BCUT2D eigenvalue weighted by atomic mass is 10.0. The van der Waals surface area contributed by atoms with Crippen molar-refractivity contribution in [3.63, 3.8) is 0 Å². The Morgan fingerprint density at radius 2 is 1.50 bits per heavy atom. The number of nitrogens with zero attached hydrogens (tertiary/aromatic N) is 2. The van der Waals surface area contributed by atoms with Crippen LogP contribution in [-0.2, 0) is 19.2 Å². The van der Waals surface area contributed by atoms with Crippen molar-refractivity contribution in [2.45, 2.75) is 57.1 Å². The molecule has 0 radical (unpaired) electrons. The molecule has 2 N–H and O–H groups in total. The van der Waals surface area contributed by atoms with Crippen molar-refractivity contribution in [1.82, 2.24) is 4.98 Å². The van der Waals surface area contributed by atoms with Crippen molar-refractivity contribution in [2.75, 3.05) is 16.9 Å². The highest BCUT2D eigenvalue weighted by Crippen LogP contribution is 2.31. The van der Waals surface area contributed by atoms with Crippen molar-refractivity contribution in [1.29, 1.82) is 0 Å². The summed E-state index contributed by atoms with van der Waals surface area (Å²) < 4.78 is 40.5. The maximum Gasteiger partial charge on any atom is 0.442 e. The van der Waals surface area contributed by atoms with Crippen LogP contribution in [0.25, 0.3) is 11.1 Å². The van der Waals surface area contributed by atoms with Crippen LogP contribution in [0.5, 0.6) is 0 Å². The predicted molar refractivity (Wildman–Crippen MR) is 153 cm³/mol. The molecule has 10 nitrogen and oxygen atoms in total. The molecule has 3 aromatic rings. The number of benzene rings is 2. The molecule has 13 heteroatoms. The second-order valence-corrected chi connectivity index (χ2v) is 14.2. The van der Waals surface area contributed by atoms with E-state index in [9.17, 15) is 23.0 Å². The van der Waals surface area contributed by atoms with Crippen LogP contribution in [0.2, 0.25) is 0 Å². The molecule has 1 unspecified atom stereocenters. The molecule has 3 rings (SSSR count). The standard InChI is InChI=1S/C27H31FN4O6S2/c1-26(2,3)37-23(34)31-19-13-10-17(16-8-11-18(28)12-9-16)14-20(19)30-22(33)21-15-29-25(39-21)40(7,36)32-24(35)38-27(4,5)6/h8-15H,1-7H3,(H,30,33)(H,31,34). The van der Waals surface area contributed by atoms with Crippen molar-refractivity contribution >= 4 is 50.5 Å². The maximum absolute atomic E-state index is 13.4. The number of amides is 3. The fourth-order valence-corrected chi connectivity index (χ4v) is 5.37. The number of halogens is 1. The summed E-state index contributed by atoms with van der Waals surface area (Å²) in [6.45, 7) is 10.1. The highest BCUT2D eigenvalue weighted by atomic mass is 32.2. The van der Waals surface area contributed by atoms with E-state index in [0.29, 0.717) is 11.1 Å². The number of aromatic nitrogens is 1. The Kier molecular flexibility index (Phi) is 9.00. The van der Waals surface area contributed by atoms with Crippen LogP contribution >= 0.6 is 11.3 Å². The van der Waals surface area contributed by atoms with Gasteiger partial charge in [-0.15, -0.1) is 4.36 Å². The summed E-state index contributed by atoms with van der Waals surface area (Å²) in [6.07, 6.45) is 0.712. The first-order chi connectivity index (χ1) is 18.4. The lowest BCUT2D eigenvalue weighted by molar-refractivity contribution is 0.0603. The van der Waals surface area contributed by atoms with Crippen molar-refractivity contribution in [3.8, 4) is 11.1 Å². The van der Waals surface area contributed by atoms with E-state index in [1.165, 1.54) is 24.6 Å². The molecule has 3 amide bonds. The monoisotopic (exact) mass is 590 g/mol. The minimum absolute atomic E-state index is 0.0318. The summed E-state index contributed by atoms with van der Waals surface area (Å²) in [5.74, 6) is -1.01. The summed E-state index contributed by atoms with van der Waals surface area (Å²) in [5.41, 5.74) is 0.217. The minimum Gasteiger partial charge on any atom is -0.444 e. The highest BCUT2D eigenvalue weighted by molar-refractivity contribution is 7.95. The smallest absolute Gasteiger partial charge is 0.442 e. The van der Waals surface area contributed by atoms with Crippen molar-refractivity contribution in [2.24, 2.45) is 4.36 Å². The number of anilines is 2. The molecule has 2 aromatic carbocycles. The van der Waals surface area contributed by atoms with E-state index in [1.54, 1.807) is 71.9 Å². The van der Waals surface area contributed by atoms with Crippen molar-refractivity contribution < 1.29 is 32.5 Å². The van der Waals surface area contributed by atoms with Crippen LogP contribution in [0.15, 0.2) is 57.4 Å². The van der Waals surface area contributed by atoms with E-state index in [1.807, 2.05) is 0 Å². The largest absolute Gasteiger partial charge is 0.444 e. The van der Waals surface area contributed by atoms with Gasteiger partial charge < -0.3 is 14.8 Å². The summed E-state index contributed by atoms with van der Waals surface area (Å²) >= 11 is 0.803. The Bertz CT molecular complexity index is 1550. The molecule has 0 saturated carbocycles. The van der Waals surface area contributed by atoms with Gasteiger partial charge in [0.05, 0.1) is 17.6 Å². The van der Waals surface area contributed by atoms with Gasteiger partial charge in [0.25, 0.3) is 5.91 Å². The van der Waals surface area contributed by atoms with E-state index in [4.69, 9.17) is 9.47 Å². The normalized spacial score (nSPS) is 13.1. The predicted octanol–water partition coefficient (Wildman–Crippen LogP) is 6.94. The van der Waals surface area contributed by atoms with Crippen LogP contribution in [0.3, 0.4) is 0 Å². The average molecular weight is 591 g/mol. The van der Waals surface area contributed by atoms with Gasteiger partial charge in [0.1, 0.15) is 31.6 Å². The quantitative estimate of drug-likeness (QED) is 0.328. The van der Waals surface area contributed by atoms with Crippen LogP contribution in [0.4, 0.5) is 25.4 Å². The van der Waals surface area contributed by atoms with Gasteiger partial charge in [-0.25, -0.2) is 23.2 Å². The fraction of sp³-hybridized carbons (Fsp3) is 0.333. The molecule has 1 atom stereocenters. The van der Waals surface area contributed by atoms with Crippen LogP contribution in [0, 0.1) is 5.82 Å². The number of nitrogens with one attached hydrogen (secondary N) is 2. The first-order valence-corrected chi connectivity index (χ1v) is 14.8. The average Bonchev–Trinajstić information content (AvgIpc) is 3.29. The van der Waals surface area contributed by atoms with Gasteiger partial charge in [-0.1, -0.05) is 29.5 Å². The van der Waals surface area contributed by atoms with Gasteiger partial charge in [0, 0.05) is 6.26 Å². The van der Waals surface area contributed by atoms with Crippen molar-refractivity contribution in [3.05, 3.63) is 59.4 Å². The number of ether oxygens (including phenoxy) is 2. The molecule has 40 heavy (non-hydrogen) atoms. The van der Waals surface area contributed by atoms with Crippen LogP contribution in [-0.4, -0.2) is 44.7 Å². The van der Waals surface area contributed by atoms with Crippen LogP contribution in [0.1, 0.15) is 51.2 Å². The summed E-state index contributed by atoms with van der Waals surface area (Å²) in [7, 11) is -3.28. The molecule has 0 aliphatic carbocycles. The second-order valence-electron chi connectivity index (χ2n) is 10.7. The molecule has 0 aliphatic heterocycles. The van der Waals surface area contributed by atoms with Gasteiger partial charge in [-0.05, 0) is 76.9 Å². The molecule has 0 aliphatic rings. The number of hydrogen-bond acceptors (Lipinski definition) is 8. The number of carbonyl (C=O) groups excluding carboxylic acids is 3. The minimum atomic E-state index is -3.28. The molecule has 0 bridgehead atoms. The summed E-state index contributed by atoms with van der Waals surface area (Å²) in [5, 5.41) is 5.35. The van der Waals surface area contributed by atoms with E-state index >= 15 is 0 Å². The first-order valence-electron chi connectivity index (χ1n) is 12.0. The van der Waals surface area contributed by atoms with Crippen LogP contribution < -0.4 is 10.6 Å². The summed E-state index contributed by atoms with van der Waals surface area (Å²) in [6, 6.07) is 10.7. The Hall–Kier alpha value is -3.84. The second kappa shape index (κ2) is 11.7. The summed E-state index contributed by atoms with van der Waals surface area (Å²) in [4.78, 5) is 41.8. The van der Waals surface area contributed by atoms with Gasteiger partial charge >= 0.3 is 12.2 Å². The molecule has 1 aromatic heterocycles. The number of thiazole rings is 1. The molecule has 0 saturated heterocycles. The third-order valence-electron chi connectivity index (χ3n) is 4.76. The maximum atomic E-state index is 13.4. The molecular formula is C27H31FN4O6S2. The third kappa shape index (κ3) is 8.85. The third-order valence-corrected chi connectivity index (χ3v) is 7.97. The number of hydrogen-bond donors (Lipinski definition) is 2. The molecule has 0 spiro atoms. The lowest BCUT2D eigenvalue weighted by Crippen LogP contribution is -2.27. The van der Waals surface area contributed by atoms with E-state index in [0.717, 1.165) is 11.3 Å². The Balaban J connectivity index is 1.91. The van der Waals surface area contributed by atoms with Gasteiger partial charge in [0.2, 0.25) is 0 Å². The molecular weight excluding hydrogens is 559 g/mol.